The normalized spacial score (nSPS) is 10.1. The number of rotatable bonds is 2. The van der Waals surface area contributed by atoms with Gasteiger partial charge in [-0.25, -0.2) is 9.78 Å². The van der Waals surface area contributed by atoms with Gasteiger partial charge in [0.1, 0.15) is 0 Å². The molecule has 0 aliphatic rings. The summed E-state index contributed by atoms with van der Waals surface area (Å²) in [4.78, 5) is 16.4. The molecule has 0 aliphatic carbocycles. The molecule has 82 valence electrons. The minimum Gasteiger partial charge on any atom is -0.464 e. The summed E-state index contributed by atoms with van der Waals surface area (Å²) in [5.74, 6) is -0.415. The first-order chi connectivity index (χ1) is 7.72. The van der Waals surface area contributed by atoms with E-state index in [4.69, 9.17) is 0 Å². The van der Waals surface area contributed by atoms with Gasteiger partial charge in [-0.2, -0.15) is 10.2 Å². The van der Waals surface area contributed by atoms with Gasteiger partial charge in [-0.05, 0) is 13.0 Å². The highest BCUT2D eigenvalue weighted by Crippen LogP contribution is 2.29. The summed E-state index contributed by atoms with van der Waals surface area (Å²) in [6, 6.07) is 1.83. The van der Waals surface area contributed by atoms with Crippen LogP contribution >= 0.6 is 11.3 Å². The highest BCUT2D eigenvalue weighted by Gasteiger charge is 2.15. The van der Waals surface area contributed by atoms with Crippen molar-refractivity contribution in [2.45, 2.75) is 6.92 Å². The van der Waals surface area contributed by atoms with Crippen molar-refractivity contribution >= 4 is 17.3 Å². The van der Waals surface area contributed by atoms with Gasteiger partial charge in [0.2, 0.25) is 5.01 Å². The van der Waals surface area contributed by atoms with E-state index in [9.17, 15) is 4.79 Å². The van der Waals surface area contributed by atoms with Crippen molar-refractivity contribution in [2.75, 3.05) is 7.11 Å². The fourth-order valence-corrected chi connectivity index (χ4v) is 2.24. The van der Waals surface area contributed by atoms with Crippen LogP contribution in [0.2, 0.25) is 0 Å². The van der Waals surface area contributed by atoms with E-state index in [0.29, 0.717) is 5.01 Å². The van der Waals surface area contributed by atoms with Crippen molar-refractivity contribution in [1.82, 2.24) is 15.2 Å². The predicted molar refractivity (Wildman–Crippen MR) is 59.2 cm³/mol. The average molecular weight is 235 g/mol. The van der Waals surface area contributed by atoms with E-state index in [1.807, 2.05) is 13.0 Å². The molecule has 6 heteroatoms. The van der Waals surface area contributed by atoms with Crippen LogP contribution in [0.15, 0.2) is 18.5 Å². The van der Waals surface area contributed by atoms with E-state index in [1.165, 1.54) is 18.4 Å². The molecule has 0 spiro atoms. The van der Waals surface area contributed by atoms with Crippen LogP contribution in [0, 0.1) is 6.92 Å². The van der Waals surface area contributed by atoms with Crippen LogP contribution in [0.4, 0.5) is 0 Å². The third-order valence-corrected chi connectivity index (χ3v) is 3.19. The molecule has 0 fully saturated rings. The van der Waals surface area contributed by atoms with Crippen molar-refractivity contribution in [3.8, 4) is 10.4 Å². The molecule has 2 heterocycles. The lowest BCUT2D eigenvalue weighted by atomic mass is 10.2. The molecule has 2 aromatic heterocycles. The molecule has 0 bridgehead atoms. The van der Waals surface area contributed by atoms with Crippen LogP contribution in [0.3, 0.4) is 0 Å². The fourth-order valence-electron chi connectivity index (χ4n) is 1.26. The largest absolute Gasteiger partial charge is 0.464 e. The first-order valence-corrected chi connectivity index (χ1v) is 5.37. The minimum atomic E-state index is -0.415. The van der Waals surface area contributed by atoms with Crippen LogP contribution in [0.5, 0.6) is 0 Å². The van der Waals surface area contributed by atoms with Crippen LogP contribution in [-0.4, -0.2) is 28.3 Å². The number of thiazole rings is 1. The van der Waals surface area contributed by atoms with Crippen molar-refractivity contribution in [2.24, 2.45) is 0 Å². The number of methoxy groups -OCH3 is 1. The number of hydrogen-bond donors (Lipinski definition) is 0. The molecule has 16 heavy (non-hydrogen) atoms. The standard InChI is InChI=1S/C10H9N3O2S/c1-6-8(7-3-4-11-12-5-7)16-9(13-6)10(14)15-2/h3-5H,1-2H3. The van der Waals surface area contributed by atoms with Crippen molar-refractivity contribution in [3.63, 3.8) is 0 Å². The Balaban J connectivity index is 2.44. The minimum absolute atomic E-state index is 0.354. The molecule has 0 saturated heterocycles. The van der Waals surface area contributed by atoms with Gasteiger partial charge in [-0.1, -0.05) is 0 Å². The number of hydrogen-bond acceptors (Lipinski definition) is 6. The average Bonchev–Trinajstić information content (AvgIpc) is 2.71. The van der Waals surface area contributed by atoms with Crippen molar-refractivity contribution in [1.29, 1.82) is 0 Å². The van der Waals surface area contributed by atoms with Crippen LogP contribution in [-0.2, 0) is 4.74 Å². The van der Waals surface area contributed by atoms with Gasteiger partial charge in [-0.15, -0.1) is 11.3 Å². The Bertz CT molecular complexity index is 510. The third-order valence-electron chi connectivity index (χ3n) is 2.00. The highest BCUT2D eigenvalue weighted by atomic mass is 32.1. The number of aryl methyl sites for hydroxylation is 1. The Morgan fingerprint density at radius 3 is 2.88 bits per heavy atom. The number of carbonyl (C=O) groups is 1. The molecule has 0 aliphatic heterocycles. The number of nitrogens with zero attached hydrogens (tertiary/aromatic N) is 3. The molecular formula is C10H9N3O2S. The summed E-state index contributed by atoms with van der Waals surface area (Å²) >= 11 is 1.29. The summed E-state index contributed by atoms with van der Waals surface area (Å²) in [5.41, 5.74) is 1.69. The predicted octanol–water partition coefficient (Wildman–Crippen LogP) is 1.70. The molecule has 0 aromatic carbocycles. The Morgan fingerprint density at radius 1 is 1.44 bits per heavy atom. The monoisotopic (exact) mass is 235 g/mol. The maximum absolute atomic E-state index is 11.3. The number of esters is 1. The summed E-state index contributed by atoms with van der Waals surface area (Å²) in [6.07, 6.45) is 3.24. The first-order valence-electron chi connectivity index (χ1n) is 4.55. The molecule has 2 aromatic rings. The Hall–Kier alpha value is -1.82. The molecular weight excluding hydrogens is 226 g/mol. The lowest BCUT2D eigenvalue weighted by Crippen LogP contribution is -1.99. The van der Waals surface area contributed by atoms with Crippen molar-refractivity contribution < 1.29 is 9.53 Å². The zero-order chi connectivity index (χ0) is 11.5. The van der Waals surface area contributed by atoms with Crippen LogP contribution in [0.1, 0.15) is 15.5 Å². The molecule has 0 amide bonds. The second-order valence-corrected chi connectivity index (χ2v) is 4.06. The van der Waals surface area contributed by atoms with Crippen molar-refractivity contribution in [3.05, 3.63) is 29.2 Å². The van der Waals surface area contributed by atoms with Gasteiger partial charge in [0, 0.05) is 5.56 Å². The van der Waals surface area contributed by atoms with E-state index >= 15 is 0 Å². The quantitative estimate of drug-likeness (QED) is 0.741. The Labute approximate surface area is 96.1 Å². The lowest BCUT2D eigenvalue weighted by Gasteiger charge is -1.94. The maximum atomic E-state index is 11.3. The van der Waals surface area contributed by atoms with Gasteiger partial charge < -0.3 is 4.74 Å². The smallest absolute Gasteiger partial charge is 0.367 e. The topological polar surface area (TPSA) is 65.0 Å². The first kappa shape index (κ1) is 10.7. The number of carbonyl (C=O) groups excluding carboxylic acids is 1. The second-order valence-electron chi connectivity index (χ2n) is 3.06. The van der Waals surface area contributed by atoms with E-state index < -0.39 is 5.97 Å². The molecule has 0 unspecified atom stereocenters. The van der Waals surface area contributed by atoms with E-state index in [-0.39, 0.29) is 0 Å². The van der Waals surface area contributed by atoms with E-state index in [1.54, 1.807) is 12.4 Å². The summed E-state index contributed by atoms with van der Waals surface area (Å²) in [7, 11) is 1.34. The molecule has 0 radical (unpaired) electrons. The molecule has 2 rings (SSSR count). The van der Waals surface area contributed by atoms with Gasteiger partial charge in [0.05, 0.1) is 30.1 Å². The fraction of sp³-hybridized carbons (Fsp3) is 0.200. The maximum Gasteiger partial charge on any atom is 0.367 e. The van der Waals surface area contributed by atoms with Gasteiger partial charge >= 0.3 is 5.97 Å². The summed E-state index contributed by atoms with van der Waals surface area (Å²) in [5, 5.41) is 7.84. The third kappa shape index (κ3) is 1.92. The number of aromatic nitrogens is 3. The molecule has 0 saturated carbocycles. The van der Waals surface area contributed by atoms with Gasteiger partial charge in [0.15, 0.2) is 0 Å². The Morgan fingerprint density at radius 2 is 2.25 bits per heavy atom. The number of ether oxygens (including phenoxy) is 1. The zero-order valence-corrected chi connectivity index (χ0v) is 9.61. The summed E-state index contributed by atoms with van der Waals surface area (Å²) in [6.45, 7) is 1.85. The van der Waals surface area contributed by atoms with Gasteiger partial charge in [-0.3, -0.25) is 0 Å². The Kier molecular flexibility index (Phi) is 2.91. The van der Waals surface area contributed by atoms with E-state index in [2.05, 4.69) is 19.9 Å². The lowest BCUT2D eigenvalue weighted by molar-refractivity contribution is 0.0600. The highest BCUT2D eigenvalue weighted by molar-refractivity contribution is 7.17. The second kappa shape index (κ2) is 4.36. The SMILES string of the molecule is COC(=O)c1nc(C)c(-c2ccnnc2)s1. The zero-order valence-electron chi connectivity index (χ0n) is 8.80. The van der Waals surface area contributed by atoms with Crippen LogP contribution in [0.25, 0.3) is 10.4 Å². The van der Waals surface area contributed by atoms with Crippen LogP contribution < -0.4 is 0 Å². The van der Waals surface area contributed by atoms with E-state index in [0.717, 1.165) is 16.1 Å². The molecule has 0 N–H and O–H groups in total. The summed E-state index contributed by atoms with van der Waals surface area (Å²) < 4.78 is 4.62. The molecule has 0 atom stereocenters. The molecule has 5 nitrogen and oxygen atoms in total. The van der Waals surface area contributed by atoms with Gasteiger partial charge in [0.25, 0.3) is 0 Å².